The zero-order valence-corrected chi connectivity index (χ0v) is 14.3. The fourth-order valence-electron chi connectivity index (χ4n) is 1.57. The SMILES string of the molecule is Cl.NCCOc1ccc(NC(=O)CSCc2cscn2)cc1. The van der Waals surface area contributed by atoms with Gasteiger partial charge in [-0.05, 0) is 24.3 Å². The number of thiazole rings is 1. The lowest BCUT2D eigenvalue weighted by atomic mass is 10.3. The number of anilines is 1. The highest BCUT2D eigenvalue weighted by Crippen LogP contribution is 2.17. The van der Waals surface area contributed by atoms with Crippen molar-refractivity contribution >= 4 is 47.1 Å². The van der Waals surface area contributed by atoms with Crippen molar-refractivity contribution < 1.29 is 9.53 Å². The first-order chi connectivity index (χ1) is 10.3. The van der Waals surface area contributed by atoms with Gasteiger partial charge >= 0.3 is 0 Å². The summed E-state index contributed by atoms with van der Waals surface area (Å²) in [4.78, 5) is 16.0. The number of benzene rings is 1. The van der Waals surface area contributed by atoms with E-state index in [-0.39, 0.29) is 18.3 Å². The first-order valence-electron chi connectivity index (χ1n) is 6.45. The summed E-state index contributed by atoms with van der Waals surface area (Å²) in [6.07, 6.45) is 0. The van der Waals surface area contributed by atoms with Crippen LogP contribution in [0.15, 0.2) is 35.2 Å². The third kappa shape index (κ3) is 6.65. The molecular weight excluding hydrogens is 342 g/mol. The molecule has 0 fully saturated rings. The number of nitrogens with one attached hydrogen (secondary N) is 1. The fourth-order valence-corrected chi connectivity index (χ4v) is 2.96. The van der Waals surface area contributed by atoms with Crippen molar-refractivity contribution in [1.29, 1.82) is 0 Å². The first-order valence-corrected chi connectivity index (χ1v) is 8.55. The van der Waals surface area contributed by atoms with Crippen molar-refractivity contribution in [3.63, 3.8) is 0 Å². The van der Waals surface area contributed by atoms with Crippen LogP contribution >= 0.6 is 35.5 Å². The van der Waals surface area contributed by atoms with Gasteiger partial charge in [0, 0.05) is 23.4 Å². The van der Waals surface area contributed by atoms with Crippen LogP contribution in [-0.2, 0) is 10.5 Å². The molecule has 0 radical (unpaired) electrons. The number of thioether (sulfide) groups is 1. The summed E-state index contributed by atoms with van der Waals surface area (Å²) in [5.74, 6) is 1.88. The molecule has 5 nitrogen and oxygen atoms in total. The minimum atomic E-state index is -0.0224. The van der Waals surface area contributed by atoms with Gasteiger partial charge in [-0.25, -0.2) is 4.98 Å². The molecule has 1 heterocycles. The Morgan fingerprint density at radius 1 is 1.36 bits per heavy atom. The molecule has 0 aliphatic rings. The molecule has 0 aliphatic carbocycles. The van der Waals surface area contributed by atoms with Gasteiger partial charge in [-0.1, -0.05) is 0 Å². The second kappa shape index (κ2) is 10.4. The molecule has 0 aliphatic heterocycles. The highest BCUT2D eigenvalue weighted by Gasteiger charge is 2.04. The largest absolute Gasteiger partial charge is 0.492 e. The monoisotopic (exact) mass is 359 g/mol. The molecule has 0 spiro atoms. The summed E-state index contributed by atoms with van der Waals surface area (Å²) in [5.41, 5.74) is 8.93. The molecule has 0 saturated heterocycles. The maximum absolute atomic E-state index is 11.8. The Labute approximate surface area is 144 Å². The minimum absolute atomic E-state index is 0. The zero-order chi connectivity index (χ0) is 14.9. The summed E-state index contributed by atoms with van der Waals surface area (Å²) in [6.45, 7) is 0.966. The van der Waals surface area contributed by atoms with E-state index in [0.717, 1.165) is 22.9 Å². The van der Waals surface area contributed by atoms with Crippen LogP contribution in [0, 0.1) is 0 Å². The molecule has 1 aromatic carbocycles. The molecule has 1 amide bonds. The number of hydrogen-bond donors (Lipinski definition) is 2. The van der Waals surface area contributed by atoms with Crippen molar-refractivity contribution in [2.75, 3.05) is 24.2 Å². The van der Waals surface area contributed by atoms with E-state index in [4.69, 9.17) is 10.5 Å². The van der Waals surface area contributed by atoms with Gasteiger partial charge in [-0.3, -0.25) is 4.79 Å². The van der Waals surface area contributed by atoms with E-state index in [9.17, 15) is 4.79 Å². The highest BCUT2D eigenvalue weighted by molar-refractivity contribution is 7.99. The van der Waals surface area contributed by atoms with E-state index in [0.29, 0.717) is 18.9 Å². The summed E-state index contributed by atoms with van der Waals surface area (Å²) in [6, 6.07) is 7.26. The van der Waals surface area contributed by atoms with Gasteiger partial charge in [-0.15, -0.1) is 35.5 Å². The van der Waals surface area contributed by atoms with E-state index in [2.05, 4.69) is 10.3 Å². The van der Waals surface area contributed by atoms with Crippen LogP contribution in [0.1, 0.15) is 5.69 Å². The molecule has 120 valence electrons. The third-order valence-corrected chi connectivity index (χ3v) is 4.09. The highest BCUT2D eigenvalue weighted by atomic mass is 35.5. The van der Waals surface area contributed by atoms with Crippen LogP contribution in [0.25, 0.3) is 0 Å². The summed E-state index contributed by atoms with van der Waals surface area (Å²) < 4.78 is 5.37. The number of carbonyl (C=O) groups is 1. The van der Waals surface area contributed by atoms with Gasteiger partial charge in [0.15, 0.2) is 0 Å². The van der Waals surface area contributed by atoms with E-state index < -0.39 is 0 Å². The van der Waals surface area contributed by atoms with Crippen molar-refractivity contribution in [1.82, 2.24) is 4.98 Å². The second-order valence-corrected chi connectivity index (χ2v) is 5.89. The molecule has 0 unspecified atom stereocenters. The van der Waals surface area contributed by atoms with Crippen LogP contribution in [0.4, 0.5) is 5.69 Å². The average Bonchev–Trinajstić information content (AvgIpc) is 3.00. The predicted octanol–water partition coefficient (Wildman–Crippen LogP) is 2.77. The van der Waals surface area contributed by atoms with Crippen molar-refractivity contribution in [3.8, 4) is 5.75 Å². The summed E-state index contributed by atoms with van der Waals surface area (Å²) in [5, 5.41) is 4.84. The third-order valence-electron chi connectivity index (χ3n) is 2.49. The number of hydrogen-bond acceptors (Lipinski definition) is 6. The zero-order valence-electron chi connectivity index (χ0n) is 11.9. The van der Waals surface area contributed by atoms with Gasteiger partial charge in [0.2, 0.25) is 5.91 Å². The van der Waals surface area contributed by atoms with Crippen LogP contribution in [0.5, 0.6) is 5.75 Å². The first kappa shape index (κ1) is 18.8. The molecule has 2 rings (SSSR count). The van der Waals surface area contributed by atoms with Crippen molar-refractivity contribution in [2.45, 2.75) is 5.75 Å². The number of nitrogens with zero attached hydrogens (tertiary/aromatic N) is 1. The van der Waals surface area contributed by atoms with Crippen LogP contribution in [0.3, 0.4) is 0 Å². The summed E-state index contributed by atoms with van der Waals surface area (Å²) >= 11 is 3.11. The number of aromatic nitrogens is 1. The van der Waals surface area contributed by atoms with Gasteiger partial charge in [0.1, 0.15) is 12.4 Å². The molecule has 0 saturated carbocycles. The average molecular weight is 360 g/mol. The Balaban J connectivity index is 0.00000242. The lowest BCUT2D eigenvalue weighted by Crippen LogP contribution is -2.14. The maximum atomic E-state index is 11.8. The van der Waals surface area contributed by atoms with Gasteiger partial charge in [0.05, 0.1) is 17.0 Å². The molecule has 22 heavy (non-hydrogen) atoms. The number of rotatable bonds is 8. The van der Waals surface area contributed by atoms with Crippen molar-refractivity contribution in [2.24, 2.45) is 5.73 Å². The lowest BCUT2D eigenvalue weighted by Gasteiger charge is -2.07. The van der Waals surface area contributed by atoms with E-state index in [1.165, 1.54) is 0 Å². The fraction of sp³-hybridized carbons (Fsp3) is 0.286. The molecule has 3 N–H and O–H groups in total. The molecule has 0 bridgehead atoms. The van der Waals surface area contributed by atoms with E-state index in [1.54, 1.807) is 28.6 Å². The van der Waals surface area contributed by atoms with Gasteiger partial charge in [-0.2, -0.15) is 0 Å². The van der Waals surface area contributed by atoms with Crippen LogP contribution in [0.2, 0.25) is 0 Å². The quantitative estimate of drug-likeness (QED) is 0.757. The number of carbonyl (C=O) groups excluding carboxylic acids is 1. The second-order valence-electron chi connectivity index (χ2n) is 4.18. The molecule has 1 aromatic heterocycles. The number of amides is 1. The van der Waals surface area contributed by atoms with E-state index >= 15 is 0 Å². The number of nitrogens with two attached hydrogens (primary N) is 1. The Bertz CT molecular complexity index is 550. The van der Waals surface area contributed by atoms with Crippen molar-refractivity contribution in [3.05, 3.63) is 40.8 Å². The molecule has 2 aromatic rings. The number of halogens is 1. The minimum Gasteiger partial charge on any atom is -0.492 e. The molecular formula is C14H18ClN3O2S2. The molecule has 8 heteroatoms. The Hall–Kier alpha value is -1.28. The van der Waals surface area contributed by atoms with E-state index in [1.807, 2.05) is 29.6 Å². The Kier molecular flexibility index (Phi) is 8.91. The maximum Gasteiger partial charge on any atom is 0.234 e. The molecule has 0 atom stereocenters. The predicted molar refractivity (Wildman–Crippen MR) is 95.1 cm³/mol. The topological polar surface area (TPSA) is 77.2 Å². The van der Waals surface area contributed by atoms with Crippen LogP contribution in [-0.4, -0.2) is 29.8 Å². The normalized spacial score (nSPS) is 9.86. The Morgan fingerprint density at radius 2 is 2.14 bits per heavy atom. The summed E-state index contributed by atoms with van der Waals surface area (Å²) in [7, 11) is 0. The van der Waals surface area contributed by atoms with Crippen LogP contribution < -0.4 is 15.8 Å². The number of ether oxygens (including phenoxy) is 1. The van der Waals surface area contributed by atoms with Gasteiger partial charge in [0.25, 0.3) is 0 Å². The standard InChI is InChI=1S/C14H17N3O2S2.ClH/c15-5-6-19-13-3-1-11(2-4-13)17-14(18)9-20-7-12-8-21-10-16-12;/h1-4,8,10H,5-7,9,15H2,(H,17,18);1H. The van der Waals surface area contributed by atoms with Gasteiger partial charge < -0.3 is 15.8 Å². The smallest absolute Gasteiger partial charge is 0.234 e. The lowest BCUT2D eigenvalue weighted by molar-refractivity contribution is -0.113. The Morgan fingerprint density at radius 3 is 2.77 bits per heavy atom.